The number of hydrogen-bond acceptors (Lipinski definition) is 2. The molecular formula is C12H19NO. The van der Waals surface area contributed by atoms with E-state index in [4.69, 9.17) is 10.5 Å². The fourth-order valence-corrected chi connectivity index (χ4v) is 1.36. The molecule has 0 aliphatic carbocycles. The van der Waals surface area contributed by atoms with Gasteiger partial charge >= 0.3 is 0 Å². The van der Waals surface area contributed by atoms with Gasteiger partial charge in [0.15, 0.2) is 0 Å². The molecule has 1 aromatic carbocycles. The zero-order valence-electron chi connectivity index (χ0n) is 9.42. The van der Waals surface area contributed by atoms with E-state index in [1.54, 1.807) is 7.11 Å². The molecule has 0 aromatic heterocycles. The quantitative estimate of drug-likeness (QED) is 0.799. The van der Waals surface area contributed by atoms with Gasteiger partial charge in [-0.3, -0.25) is 0 Å². The summed E-state index contributed by atoms with van der Waals surface area (Å²) in [5.41, 5.74) is 8.12. The molecule has 0 unspecified atom stereocenters. The van der Waals surface area contributed by atoms with Crippen molar-refractivity contribution in [3.63, 3.8) is 0 Å². The van der Waals surface area contributed by atoms with Crippen LogP contribution in [0.1, 0.15) is 25.0 Å². The van der Waals surface area contributed by atoms with E-state index < -0.39 is 0 Å². The molecule has 0 atom stereocenters. The predicted octanol–water partition coefficient (Wildman–Crippen LogP) is 2.24. The van der Waals surface area contributed by atoms with Crippen molar-refractivity contribution in [1.82, 2.24) is 0 Å². The summed E-state index contributed by atoms with van der Waals surface area (Å²) in [6.45, 7) is 6.95. The largest absolute Gasteiger partial charge is 0.496 e. The van der Waals surface area contributed by atoms with Gasteiger partial charge in [0, 0.05) is 12.0 Å². The van der Waals surface area contributed by atoms with Crippen LogP contribution in [0, 0.1) is 6.92 Å². The molecule has 0 aliphatic heterocycles. The van der Waals surface area contributed by atoms with Gasteiger partial charge in [0.05, 0.1) is 7.11 Å². The molecule has 0 amide bonds. The normalized spacial score (nSPS) is 11.5. The fraction of sp³-hybridized carbons (Fsp3) is 0.500. The summed E-state index contributed by atoms with van der Waals surface area (Å²) in [5, 5.41) is 0. The second-order valence-electron chi connectivity index (χ2n) is 4.27. The smallest absolute Gasteiger partial charge is 0.122 e. The summed E-state index contributed by atoms with van der Waals surface area (Å²) in [6.07, 6.45) is 0. The first kappa shape index (κ1) is 11.1. The van der Waals surface area contributed by atoms with Gasteiger partial charge in [-0.25, -0.2) is 0 Å². The van der Waals surface area contributed by atoms with E-state index in [9.17, 15) is 0 Å². The third-order valence-electron chi connectivity index (χ3n) is 2.70. The maximum Gasteiger partial charge on any atom is 0.122 e. The maximum atomic E-state index is 5.73. The van der Waals surface area contributed by atoms with E-state index >= 15 is 0 Å². The zero-order chi connectivity index (χ0) is 10.8. The summed E-state index contributed by atoms with van der Waals surface area (Å²) in [6, 6.07) is 6.26. The van der Waals surface area contributed by atoms with Crippen LogP contribution in [0.25, 0.3) is 0 Å². The molecule has 0 aliphatic rings. The van der Waals surface area contributed by atoms with Gasteiger partial charge in [0.1, 0.15) is 5.75 Å². The summed E-state index contributed by atoms with van der Waals surface area (Å²) in [7, 11) is 1.70. The van der Waals surface area contributed by atoms with E-state index in [1.807, 2.05) is 6.92 Å². The first-order chi connectivity index (χ1) is 6.51. The molecule has 0 radical (unpaired) electrons. The van der Waals surface area contributed by atoms with E-state index in [1.165, 1.54) is 5.56 Å². The summed E-state index contributed by atoms with van der Waals surface area (Å²) < 4.78 is 5.28. The summed E-state index contributed by atoms with van der Waals surface area (Å²) in [4.78, 5) is 0. The van der Waals surface area contributed by atoms with Crippen LogP contribution in [0.4, 0.5) is 0 Å². The number of aryl methyl sites for hydroxylation is 1. The third kappa shape index (κ3) is 2.07. The van der Waals surface area contributed by atoms with Crippen LogP contribution in [0.15, 0.2) is 18.2 Å². The third-order valence-corrected chi connectivity index (χ3v) is 2.70. The standard InChI is InChI=1S/C12H19NO/c1-9-5-6-10(7-11(9)14-4)12(2,3)8-13/h5-7H,8,13H2,1-4H3. The van der Waals surface area contributed by atoms with Crippen molar-refractivity contribution in [3.05, 3.63) is 29.3 Å². The highest BCUT2D eigenvalue weighted by atomic mass is 16.5. The van der Waals surface area contributed by atoms with Gasteiger partial charge in [0.25, 0.3) is 0 Å². The van der Waals surface area contributed by atoms with Crippen molar-refractivity contribution in [1.29, 1.82) is 0 Å². The van der Waals surface area contributed by atoms with Gasteiger partial charge in [-0.15, -0.1) is 0 Å². The van der Waals surface area contributed by atoms with Crippen LogP contribution in [0.2, 0.25) is 0 Å². The first-order valence-corrected chi connectivity index (χ1v) is 4.86. The van der Waals surface area contributed by atoms with E-state index in [0.717, 1.165) is 11.3 Å². The lowest BCUT2D eigenvalue weighted by molar-refractivity contribution is 0.409. The first-order valence-electron chi connectivity index (χ1n) is 4.86. The van der Waals surface area contributed by atoms with Crippen LogP contribution in [-0.4, -0.2) is 13.7 Å². The lowest BCUT2D eigenvalue weighted by Crippen LogP contribution is -2.28. The lowest BCUT2D eigenvalue weighted by Gasteiger charge is -2.23. The molecule has 0 bridgehead atoms. The molecule has 0 spiro atoms. The van der Waals surface area contributed by atoms with Crippen LogP contribution >= 0.6 is 0 Å². The minimum Gasteiger partial charge on any atom is -0.496 e. The Morgan fingerprint density at radius 1 is 1.36 bits per heavy atom. The molecule has 0 saturated carbocycles. The topological polar surface area (TPSA) is 35.2 Å². The minimum absolute atomic E-state index is 0.0149. The number of nitrogens with two attached hydrogens (primary N) is 1. The Balaban J connectivity index is 3.12. The van der Waals surface area contributed by atoms with Gasteiger partial charge < -0.3 is 10.5 Å². The Morgan fingerprint density at radius 2 is 2.00 bits per heavy atom. The van der Waals surface area contributed by atoms with Crippen molar-refractivity contribution < 1.29 is 4.74 Å². The SMILES string of the molecule is COc1cc(C(C)(C)CN)ccc1C. The second kappa shape index (κ2) is 4.01. The van der Waals surface area contributed by atoms with Gasteiger partial charge in [-0.05, 0) is 24.1 Å². The molecule has 0 fully saturated rings. The second-order valence-corrected chi connectivity index (χ2v) is 4.27. The van der Waals surface area contributed by atoms with Crippen molar-refractivity contribution in [2.45, 2.75) is 26.2 Å². The number of benzene rings is 1. The Bertz CT molecular complexity index is 318. The zero-order valence-corrected chi connectivity index (χ0v) is 9.42. The highest BCUT2D eigenvalue weighted by Gasteiger charge is 2.19. The van der Waals surface area contributed by atoms with E-state index in [0.29, 0.717) is 6.54 Å². The number of hydrogen-bond donors (Lipinski definition) is 1. The Labute approximate surface area is 86.1 Å². The monoisotopic (exact) mass is 193 g/mol. The molecule has 2 heteroatoms. The van der Waals surface area contributed by atoms with Crippen LogP contribution < -0.4 is 10.5 Å². The van der Waals surface area contributed by atoms with Gasteiger partial charge in [-0.1, -0.05) is 26.0 Å². The predicted molar refractivity (Wildman–Crippen MR) is 59.8 cm³/mol. The van der Waals surface area contributed by atoms with Crippen molar-refractivity contribution in [3.8, 4) is 5.75 Å². The minimum atomic E-state index is 0.0149. The summed E-state index contributed by atoms with van der Waals surface area (Å²) >= 11 is 0. The molecule has 0 heterocycles. The summed E-state index contributed by atoms with van der Waals surface area (Å²) in [5.74, 6) is 0.934. The van der Waals surface area contributed by atoms with Crippen LogP contribution in [-0.2, 0) is 5.41 Å². The van der Waals surface area contributed by atoms with E-state index in [-0.39, 0.29) is 5.41 Å². The Morgan fingerprint density at radius 3 is 2.50 bits per heavy atom. The highest BCUT2D eigenvalue weighted by Crippen LogP contribution is 2.27. The fourth-order valence-electron chi connectivity index (χ4n) is 1.36. The molecule has 0 saturated heterocycles. The number of ether oxygens (including phenoxy) is 1. The molecular weight excluding hydrogens is 174 g/mol. The van der Waals surface area contributed by atoms with Crippen molar-refractivity contribution in [2.75, 3.05) is 13.7 Å². The molecule has 2 N–H and O–H groups in total. The van der Waals surface area contributed by atoms with E-state index in [2.05, 4.69) is 32.0 Å². The molecule has 14 heavy (non-hydrogen) atoms. The molecule has 2 nitrogen and oxygen atoms in total. The van der Waals surface area contributed by atoms with Gasteiger partial charge in [0.2, 0.25) is 0 Å². The molecule has 1 aromatic rings. The van der Waals surface area contributed by atoms with Crippen LogP contribution in [0.5, 0.6) is 5.75 Å². The molecule has 1 rings (SSSR count). The Kier molecular flexibility index (Phi) is 3.17. The lowest BCUT2D eigenvalue weighted by atomic mass is 9.84. The van der Waals surface area contributed by atoms with Crippen LogP contribution in [0.3, 0.4) is 0 Å². The Hall–Kier alpha value is -1.02. The number of rotatable bonds is 3. The number of methoxy groups -OCH3 is 1. The average molecular weight is 193 g/mol. The van der Waals surface area contributed by atoms with Crippen molar-refractivity contribution in [2.24, 2.45) is 5.73 Å². The van der Waals surface area contributed by atoms with Gasteiger partial charge in [-0.2, -0.15) is 0 Å². The molecule has 78 valence electrons. The highest BCUT2D eigenvalue weighted by molar-refractivity contribution is 5.39. The maximum absolute atomic E-state index is 5.73. The van der Waals surface area contributed by atoms with Crippen molar-refractivity contribution >= 4 is 0 Å². The average Bonchev–Trinajstić information content (AvgIpc) is 2.18.